The molecule has 1 aromatic carbocycles. The van der Waals surface area contributed by atoms with Gasteiger partial charge in [-0.15, -0.1) is 11.8 Å². The van der Waals surface area contributed by atoms with Gasteiger partial charge in [-0.3, -0.25) is 9.97 Å². The molecular weight excluding hydrogens is 395 g/mol. The number of aromatic nitrogens is 3. The number of thioether (sulfide) groups is 1. The van der Waals surface area contributed by atoms with Gasteiger partial charge >= 0.3 is 11.3 Å². The Morgan fingerprint density at radius 3 is 2.67 bits per heavy atom. The maximum absolute atomic E-state index is 12.8. The zero-order valence-electron chi connectivity index (χ0n) is 14.8. The Kier molecular flexibility index (Phi) is 6.02. The number of fused-ring (bicyclic) bond motifs is 1. The van der Waals surface area contributed by atoms with Crippen LogP contribution in [0.4, 0.5) is 13.2 Å². The van der Waals surface area contributed by atoms with Crippen molar-refractivity contribution in [2.45, 2.75) is 42.2 Å². The Hall–Kier alpha value is -1.71. The third kappa shape index (κ3) is 4.41. The average molecular weight is 413 g/mol. The smallest absolute Gasteiger partial charge is 0.416 e. The van der Waals surface area contributed by atoms with Crippen LogP contribution >= 0.6 is 11.8 Å². The molecule has 27 heavy (non-hydrogen) atoms. The van der Waals surface area contributed by atoms with Crippen LogP contribution in [0, 0.1) is 0 Å². The van der Waals surface area contributed by atoms with Gasteiger partial charge in [0.25, 0.3) is 0 Å². The van der Waals surface area contributed by atoms with E-state index in [1.54, 1.807) is 18.0 Å². The molecule has 3 rings (SSSR count). The Bertz CT molecular complexity index is 943. The maximum atomic E-state index is 12.8. The minimum atomic E-state index is -4.44. The second-order valence-corrected chi connectivity index (χ2v) is 8.45. The lowest BCUT2D eigenvalue weighted by atomic mass is 10.1. The number of benzene rings is 1. The number of H-pyrrole nitrogens is 1. The summed E-state index contributed by atoms with van der Waals surface area (Å²) in [6.45, 7) is 4.08. The first kappa shape index (κ1) is 20.0. The van der Waals surface area contributed by atoms with E-state index in [2.05, 4.69) is 21.9 Å². The van der Waals surface area contributed by atoms with E-state index in [4.69, 9.17) is 0 Å². The van der Waals surface area contributed by atoms with Gasteiger partial charge in [0.15, 0.2) is 5.75 Å². The largest absolute Gasteiger partial charge is 0.609 e. The maximum Gasteiger partial charge on any atom is 0.416 e. The lowest BCUT2D eigenvalue weighted by Gasteiger charge is -2.12. The van der Waals surface area contributed by atoms with Crippen molar-refractivity contribution >= 4 is 34.0 Å². The van der Waals surface area contributed by atoms with E-state index >= 15 is 0 Å². The fraction of sp³-hybridized carbons (Fsp3) is 0.333. The van der Waals surface area contributed by atoms with Gasteiger partial charge in [0.05, 0.1) is 22.3 Å². The number of hydrogen-bond donors (Lipinski definition) is 1. The number of hydrogen-bond acceptors (Lipinski definition) is 4. The van der Waals surface area contributed by atoms with Gasteiger partial charge in [0.2, 0.25) is 0 Å². The van der Waals surface area contributed by atoms with Crippen LogP contribution in [0.2, 0.25) is 0 Å². The van der Waals surface area contributed by atoms with Crippen molar-refractivity contribution < 1.29 is 17.7 Å². The zero-order valence-corrected chi connectivity index (χ0v) is 16.4. The summed E-state index contributed by atoms with van der Waals surface area (Å²) in [7, 11) is 0. The van der Waals surface area contributed by atoms with Gasteiger partial charge in [-0.05, 0) is 42.0 Å². The van der Waals surface area contributed by atoms with Gasteiger partial charge < -0.3 is 4.55 Å². The standard InChI is InChI=1S/C18H18F3N3OS2/c1-3-12-15(22-8-7-16(12)26-4-2)10-27(25)17-23-13-6-5-11(18(19,20)21)9-14(13)24-17/h5-9H,3-4,10H2,1-2H3,(H,23,24). The highest BCUT2D eigenvalue weighted by atomic mass is 32.2. The van der Waals surface area contributed by atoms with Crippen LogP contribution in [0.15, 0.2) is 40.5 Å². The number of imidazole rings is 1. The average Bonchev–Trinajstić information content (AvgIpc) is 3.05. The lowest BCUT2D eigenvalue weighted by Crippen LogP contribution is -2.11. The summed E-state index contributed by atoms with van der Waals surface area (Å²) in [6, 6.07) is 5.19. The summed E-state index contributed by atoms with van der Waals surface area (Å²) < 4.78 is 51.3. The summed E-state index contributed by atoms with van der Waals surface area (Å²) in [5.41, 5.74) is 1.56. The fourth-order valence-corrected chi connectivity index (χ4v) is 4.73. The fourth-order valence-electron chi connectivity index (χ4n) is 2.77. The first-order valence-corrected chi connectivity index (χ1v) is 10.7. The van der Waals surface area contributed by atoms with Crippen LogP contribution in [0.5, 0.6) is 0 Å². The number of halogens is 3. The third-order valence-electron chi connectivity index (χ3n) is 4.03. The molecule has 0 saturated carbocycles. The molecule has 144 valence electrons. The zero-order chi connectivity index (χ0) is 19.6. The van der Waals surface area contributed by atoms with Crippen LogP contribution in [0.25, 0.3) is 11.0 Å². The number of rotatable bonds is 6. The quantitative estimate of drug-likeness (QED) is 0.458. The first-order chi connectivity index (χ1) is 12.8. The molecule has 0 bridgehead atoms. The monoisotopic (exact) mass is 413 g/mol. The first-order valence-electron chi connectivity index (χ1n) is 8.38. The molecular formula is C18H18F3N3OS2. The lowest BCUT2D eigenvalue weighted by molar-refractivity contribution is -0.137. The minimum absolute atomic E-state index is 0.145. The van der Waals surface area contributed by atoms with Crippen molar-refractivity contribution in [3.05, 3.63) is 47.3 Å². The molecule has 0 aliphatic rings. The second-order valence-electron chi connectivity index (χ2n) is 5.78. The van der Waals surface area contributed by atoms with E-state index in [-0.39, 0.29) is 16.4 Å². The summed E-state index contributed by atoms with van der Waals surface area (Å²) in [6.07, 6.45) is -1.99. The topological polar surface area (TPSA) is 64.6 Å². The highest BCUT2D eigenvalue weighted by Gasteiger charge is 2.31. The molecule has 3 aromatic rings. The molecule has 0 fully saturated rings. The normalized spacial score (nSPS) is 13.3. The molecule has 0 saturated heterocycles. The highest BCUT2D eigenvalue weighted by molar-refractivity contribution is 7.99. The molecule has 9 heteroatoms. The van der Waals surface area contributed by atoms with Gasteiger partial charge in [0, 0.05) is 22.3 Å². The molecule has 1 atom stereocenters. The molecule has 2 heterocycles. The van der Waals surface area contributed by atoms with E-state index in [1.165, 1.54) is 6.07 Å². The predicted octanol–water partition coefficient (Wildman–Crippen LogP) is 4.96. The van der Waals surface area contributed by atoms with Crippen molar-refractivity contribution in [1.82, 2.24) is 15.0 Å². The third-order valence-corrected chi connectivity index (χ3v) is 6.17. The van der Waals surface area contributed by atoms with Crippen molar-refractivity contribution in [2.24, 2.45) is 0 Å². The van der Waals surface area contributed by atoms with Gasteiger partial charge in [0.1, 0.15) is 0 Å². The van der Waals surface area contributed by atoms with Crippen molar-refractivity contribution in [3.8, 4) is 0 Å². The second kappa shape index (κ2) is 8.12. The van der Waals surface area contributed by atoms with Crippen LogP contribution in [0.1, 0.15) is 30.7 Å². The van der Waals surface area contributed by atoms with Crippen molar-refractivity contribution in [2.75, 3.05) is 5.75 Å². The molecule has 0 aliphatic carbocycles. The van der Waals surface area contributed by atoms with Crippen LogP contribution in [0.3, 0.4) is 0 Å². The molecule has 1 unspecified atom stereocenters. The summed E-state index contributed by atoms with van der Waals surface area (Å²) in [5, 5.41) is 0.154. The number of nitrogens with zero attached hydrogens (tertiary/aromatic N) is 2. The van der Waals surface area contributed by atoms with Gasteiger partial charge in [-0.1, -0.05) is 13.8 Å². The Morgan fingerprint density at radius 2 is 2.00 bits per heavy atom. The van der Waals surface area contributed by atoms with Crippen molar-refractivity contribution in [3.63, 3.8) is 0 Å². The van der Waals surface area contributed by atoms with Crippen LogP contribution in [-0.2, 0) is 29.5 Å². The molecule has 1 N–H and O–H groups in total. The summed E-state index contributed by atoms with van der Waals surface area (Å²) in [5.74, 6) is 1.08. The molecule has 0 spiro atoms. The van der Waals surface area contributed by atoms with E-state index in [0.717, 1.165) is 40.5 Å². The van der Waals surface area contributed by atoms with E-state index < -0.39 is 22.9 Å². The Balaban J connectivity index is 1.88. The minimum Gasteiger partial charge on any atom is -0.609 e. The number of aromatic amines is 1. The van der Waals surface area contributed by atoms with Crippen LogP contribution in [-0.4, -0.2) is 25.3 Å². The van der Waals surface area contributed by atoms with Crippen molar-refractivity contribution in [1.29, 1.82) is 0 Å². The van der Waals surface area contributed by atoms with E-state index in [1.807, 2.05) is 13.0 Å². The molecule has 2 aromatic heterocycles. The van der Waals surface area contributed by atoms with Gasteiger partial charge in [-0.25, -0.2) is 0 Å². The SMILES string of the molecule is CCSc1ccnc(C[S+]([O-])c2nc3cc(C(F)(F)F)ccc3[nH]2)c1CC. The highest BCUT2D eigenvalue weighted by Crippen LogP contribution is 2.31. The molecule has 0 aliphatic heterocycles. The van der Waals surface area contributed by atoms with E-state index in [0.29, 0.717) is 5.52 Å². The molecule has 4 nitrogen and oxygen atoms in total. The Morgan fingerprint density at radius 1 is 1.22 bits per heavy atom. The number of nitrogens with one attached hydrogen (secondary N) is 1. The summed E-state index contributed by atoms with van der Waals surface area (Å²) >= 11 is 0.164. The molecule has 0 amide bonds. The van der Waals surface area contributed by atoms with Gasteiger partial charge in [-0.2, -0.15) is 18.2 Å². The summed E-state index contributed by atoms with van der Waals surface area (Å²) in [4.78, 5) is 12.4. The van der Waals surface area contributed by atoms with Crippen LogP contribution < -0.4 is 0 Å². The van der Waals surface area contributed by atoms with E-state index in [9.17, 15) is 17.7 Å². The predicted molar refractivity (Wildman–Crippen MR) is 101 cm³/mol. The molecule has 0 radical (unpaired) electrons. The Labute approximate surface area is 162 Å². The number of pyridine rings is 1. The number of alkyl halides is 3.